The first kappa shape index (κ1) is 17.9. The quantitative estimate of drug-likeness (QED) is 0.528. The van der Waals surface area contributed by atoms with Gasteiger partial charge in [0.25, 0.3) is 0 Å². The van der Waals surface area contributed by atoms with Crippen LogP contribution < -0.4 is 0 Å². The Bertz CT molecular complexity index is 349. The maximum Gasteiger partial charge on any atom is 0.192 e. The predicted octanol–water partition coefficient (Wildman–Crippen LogP) is 5.18. The number of hydrogen-bond donors (Lipinski definition) is 0. The van der Waals surface area contributed by atoms with Crippen molar-refractivity contribution in [2.75, 3.05) is 0 Å². The van der Waals surface area contributed by atoms with Gasteiger partial charge in [-0.2, -0.15) is 0 Å². The number of hydrogen-bond acceptors (Lipinski definition) is 2. The lowest BCUT2D eigenvalue weighted by Crippen LogP contribution is -2.53. The Morgan fingerprint density at radius 3 is 2.15 bits per heavy atom. The molecule has 1 saturated carbocycles. The van der Waals surface area contributed by atoms with Crippen LogP contribution in [0.3, 0.4) is 0 Å². The van der Waals surface area contributed by atoms with Crippen LogP contribution in [-0.4, -0.2) is 20.2 Å². The molecule has 0 radical (unpaired) electrons. The molecule has 0 aliphatic heterocycles. The van der Waals surface area contributed by atoms with Crippen molar-refractivity contribution in [2.45, 2.75) is 91.0 Å². The topological polar surface area (TPSA) is 26.3 Å². The molecule has 1 aliphatic carbocycles. The third kappa shape index (κ3) is 3.54. The highest BCUT2D eigenvalue weighted by molar-refractivity contribution is 6.74. The first-order valence-electron chi connectivity index (χ1n) is 7.99. The summed E-state index contributed by atoms with van der Waals surface area (Å²) < 4.78 is 6.84. The Morgan fingerprint density at radius 2 is 1.75 bits per heavy atom. The molecule has 0 aromatic carbocycles. The van der Waals surface area contributed by atoms with Gasteiger partial charge in [-0.15, -0.1) is 0 Å². The SMILES string of the molecule is CC(C)(C)[C@@H]1CCC[C@]1(CC=O)O[Si](C)(C)C(C)(C)C. The Hall–Kier alpha value is -0.153. The average molecular weight is 299 g/mol. The van der Waals surface area contributed by atoms with Crippen LogP contribution >= 0.6 is 0 Å². The van der Waals surface area contributed by atoms with Crippen LogP contribution in [0.25, 0.3) is 0 Å². The van der Waals surface area contributed by atoms with Crippen LogP contribution in [0, 0.1) is 11.3 Å². The minimum Gasteiger partial charge on any atom is -0.411 e. The van der Waals surface area contributed by atoms with Crippen molar-refractivity contribution < 1.29 is 9.22 Å². The average Bonchev–Trinajstić information content (AvgIpc) is 2.58. The number of aldehydes is 1. The van der Waals surface area contributed by atoms with Gasteiger partial charge in [-0.1, -0.05) is 48.0 Å². The van der Waals surface area contributed by atoms with E-state index in [1.807, 2.05) is 0 Å². The van der Waals surface area contributed by atoms with Crippen LogP contribution in [0.5, 0.6) is 0 Å². The maximum absolute atomic E-state index is 11.3. The smallest absolute Gasteiger partial charge is 0.192 e. The van der Waals surface area contributed by atoms with Gasteiger partial charge in [-0.3, -0.25) is 0 Å². The molecule has 1 aliphatic rings. The molecule has 1 rings (SSSR count). The van der Waals surface area contributed by atoms with Crippen LogP contribution in [-0.2, 0) is 9.22 Å². The van der Waals surface area contributed by atoms with E-state index in [0.717, 1.165) is 12.7 Å². The van der Waals surface area contributed by atoms with Crippen molar-refractivity contribution in [1.29, 1.82) is 0 Å². The fourth-order valence-electron chi connectivity index (χ4n) is 3.48. The zero-order chi connectivity index (χ0) is 15.8. The van der Waals surface area contributed by atoms with Gasteiger partial charge >= 0.3 is 0 Å². The fourth-order valence-corrected chi connectivity index (χ4v) is 5.13. The van der Waals surface area contributed by atoms with E-state index in [1.165, 1.54) is 12.8 Å². The molecular formula is C17H34O2Si. The fraction of sp³-hybridized carbons (Fsp3) is 0.941. The highest BCUT2D eigenvalue weighted by Gasteiger charge is 2.53. The van der Waals surface area contributed by atoms with Crippen molar-refractivity contribution in [3.8, 4) is 0 Å². The second-order valence-corrected chi connectivity index (χ2v) is 13.8. The Morgan fingerprint density at radius 1 is 1.20 bits per heavy atom. The van der Waals surface area contributed by atoms with Crippen LogP contribution in [0.4, 0.5) is 0 Å². The Kier molecular flexibility index (Phi) is 4.98. The molecule has 0 aromatic heterocycles. The van der Waals surface area contributed by atoms with Gasteiger partial charge in [0.2, 0.25) is 0 Å². The first-order valence-corrected chi connectivity index (χ1v) is 10.9. The summed E-state index contributed by atoms with van der Waals surface area (Å²) in [6, 6.07) is 0. The molecule has 1 fully saturated rings. The van der Waals surface area contributed by atoms with Crippen molar-refractivity contribution in [1.82, 2.24) is 0 Å². The first-order chi connectivity index (χ1) is 8.86. The molecule has 3 heteroatoms. The van der Waals surface area contributed by atoms with E-state index in [2.05, 4.69) is 54.6 Å². The lowest BCUT2D eigenvalue weighted by molar-refractivity contribution is -0.115. The summed E-state index contributed by atoms with van der Waals surface area (Å²) in [5.74, 6) is 0.481. The minimum atomic E-state index is -1.86. The van der Waals surface area contributed by atoms with Gasteiger partial charge in [0.05, 0.1) is 5.60 Å². The molecule has 2 atom stereocenters. The Balaban J connectivity index is 3.13. The lowest BCUT2D eigenvalue weighted by atomic mass is 9.71. The van der Waals surface area contributed by atoms with E-state index < -0.39 is 8.32 Å². The van der Waals surface area contributed by atoms with Crippen molar-refractivity contribution in [3.05, 3.63) is 0 Å². The van der Waals surface area contributed by atoms with E-state index in [4.69, 9.17) is 4.43 Å². The molecule has 0 saturated heterocycles. The van der Waals surface area contributed by atoms with Gasteiger partial charge in [0, 0.05) is 6.42 Å². The normalized spacial score (nSPS) is 28.7. The summed E-state index contributed by atoms with van der Waals surface area (Å²) in [5, 5.41) is 0.188. The molecule has 0 unspecified atom stereocenters. The summed E-state index contributed by atoms with van der Waals surface area (Å²) in [5.41, 5.74) is -0.0229. The summed E-state index contributed by atoms with van der Waals surface area (Å²) in [7, 11) is -1.86. The van der Waals surface area contributed by atoms with Gasteiger partial charge in [-0.25, -0.2) is 0 Å². The molecular weight excluding hydrogens is 264 g/mol. The minimum absolute atomic E-state index is 0.188. The monoisotopic (exact) mass is 298 g/mol. The third-order valence-electron chi connectivity index (χ3n) is 5.47. The van der Waals surface area contributed by atoms with Gasteiger partial charge in [-0.05, 0) is 42.3 Å². The third-order valence-corrected chi connectivity index (χ3v) is 10.00. The van der Waals surface area contributed by atoms with E-state index in [1.54, 1.807) is 0 Å². The van der Waals surface area contributed by atoms with E-state index >= 15 is 0 Å². The lowest BCUT2D eigenvalue weighted by Gasteiger charge is -2.49. The van der Waals surface area contributed by atoms with Crippen molar-refractivity contribution >= 4 is 14.6 Å². The van der Waals surface area contributed by atoms with Crippen molar-refractivity contribution in [3.63, 3.8) is 0 Å². The zero-order valence-corrected chi connectivity index (χ0v) is 15.8. The summed E-state index contributed by atoms with van der Waals surface area (Å²) in [6.07, 6.45) is 5.05. The molecule has 0 heterocycles. The molecule has 0 N–H and O–H groups in total. The molecule has 0 spiro atoms. The molecule has 0 aromatic rings. The Labute approximate surface area is 126 Å². The van der Waals surface area contributed by atoms with Crippen molar-refractivity contribution in [2.24, 2.45) is 11.3 Å². The van der Waals surface area contributed by atoms with Gasteiger partial charge < -0.3 is 9.22 Å². The number of rotatable bonds is 4. The number of carbonyl (C=O) groups is 1. The molecule has 0 bridgehead atoms. The summed E-state index contributed by atoms with van der Waals surface area (Å²) >= 11 is 0. The highest BCUT2D eigenvalue weighted by Crippen LogP contribution is 2.53. The van der Waals surface area contributed by atoms with Crippen LogP contribution in [0.15, 0.2) is 0 Å². The molecule has 118 valence electrons. The standard InChI is InChI=1S/C17H34O2Si/c1-15(2,3)14-10-9-11-17(14,12-13-18)19-20(7,8)16(4,5)6/h13-14H,9-12H2,1-8H3/t14-,17+/m0/s1. The maximum atomic E-state index is 11.3. The number of carbonyl (C=O) groups excluding carboxylic acids is 1. The molecule has 2 nitrogen and oxygen atoms in total. The second-order valence-electron chi connectivity index (χ2n) is 9.11. The van der Waals surface area contributed by atoms with Gasteiger partial charge in [0.1, 0.15) is 6.29 Å². The van der Waals surface area contributed by atoms with Crippen LogP contribution in [0.1, 0.15) is 67.2 Å². The molecule has 0 amide bonds. The van der Waals surface area contributed by atoms with E-state index in [-0.39, 0.29) is 16.1 Å². The van der Waals surface area contributed by atoms with Crippen LogP contribution in [0.2, 0.25) is 18.1 Å². The highest BCUT2D eigenvalue weighted by atomic mass is 28.4. The summed E-state index contributed by atoms with van der Waals surface area (Å²) in [4.78, 5) is 11.3. The second kappa shape index (κ2) is 5.56. The van der Waals surface area contributed by atoms with E-state index in [9.17, 15) is 4.79 Å². The van der Waals surface area contributed by atoms with Gasteiger partial charge in [0.15, 0.2) is 8.32 Å². The predicted molar refractivity (Wildman–Crippen MR) is 88.5 cm³/mol. The summed E-state index contributed by atoms with van der Waals surface area (Å²) in [6.45, 7) is 18.3. The largest absolute Gasteiger partial charge is 0.411 e. The zero-order valence-electron chi connectivity index (χ0n) is 14.8. The van der Waals surface area contributed by atoms with E-state index in [0.29, 0.717) is 12.3 Å². The molecule has 20 heavy (non-hydrogen) atoms.